The van der Waals surface area contributed by atoms with Crippen LogP contribution in [0.5, 0.6) is 5.75 Å². The zero-order chi connectivity index (χ0) is 15.4. The summed E-state index contributed by atoms with van der Waals surface area (Å²) < 4.78 is 5.31. The van der Waals surface area contributed by atoms with Crippen LogP contribution in [0.1, 0.15) is 5.56 Å². The summed E-state index contributed by atoms with van der Waals surface area (Å²) >= 11 is 4.83. The second-order valence-electron chi connectivity index (χ2n) is 4.40. The molecule has 3 amide bonds. The first kappa shape index (κ1) is 14.9. The molecule has 8 heteroatoms. The zero-order valence-electron chi connectivity index (χ0n) is 11.0. The molecular formula is C13H13N3O4S. The van der Waals surface area contributed by atoms with Crippen molar-refractivity contribution in [3.8, 4) is 5.75 Å². The predicted octanol–water partition coefficient (Wildman–Crippen LogP) is -0.815. The number of benzene rings is 1. The molecule has 1 aromatic carbocycles. The highest BCUT2D eigenvalue weighted by Crippen LogP contribution is 2.12. The van der Waals surface area contributed by atoms with Gasteiger partial charge in [0.05, 0.1) is 0 Å². The van der Waals surface area contributed by atoms with Crippen molar-refractivity contribution in [1.82, 2.24) is 10.2 Å². The molecular weight excluding hydrogens is 294 g/mol. The Morgan fingerprint density at radius 1 is 1.24 bits per heavy atom. The summed E-state index contributed by atoms with van der Waals surface area (Å²) in [6.07, 6.45) is 0. The van der Waals surface area contributed by atoms with Gasteiger partial charge in [0.15, 0.2) is 6.61 Å². The fraction of sp³-hybridized carbons (Fsp3) is 0.231. The summed E-state index contributed by atoms with van der Waals surface area (Å²) in [5, 5.41) is 2.12. The summed E-state index contributed by atoms with van der Waals surface area (Å²) in [6, 6.07) is 6.63. The van der Waals surface area contributed by atoms with Crippen LogP contribution in [0.3, 0.4) is 0 Å². The molecule has 1 saturated heterocycles. The lowest BCUT2D eigenvalue weighted by molar-refractivity contribution is -0.146. The van der Waals surface area contributed by atoms with Gasteiger partial charge in [-0.15, -0.1) is 0 Å². The number of imide groups is 1. The first-order valence-corrected chi connectivity index (χ1v) is 6.49. The van der Waals surface area contributed by atoms with E-state index in [0.717, 1.165) is 4.90 Å². The number of nitrogens with zero attached hydrogens (tertiary/aromatic N) is 1. The fourth-order valence-corrected chi connectivity index (χ4v) is 1.90. The van der Waals surface area contributed by atoms with E-state index in [1.807, 2.05) is 0 Å². The number of hydrogen-bond donors (Lipinski definition) is 2. The molecule has 1 fully saturated rings. The lowest BCUT2D eigenvalue weighted by Crippen LogP contribution is -2.54. The van der Waals surface area contributed by atoms with Gasteiger partial charge < -0.3 is 15.4 Å². The average Bonchev–Trinajstić information content (AvgIpc) is 2.44. The van der Waals surface area contributed by atoms with Crippen molar-refractivity contribution >= 4 is 34.9 Å². The van der Waals surface area contributed by atoms with E-state index in [1.54, 1.807) is 24.3 Å². The third-order valence-corrected chi connectivity index (χ3v) is 3.04. The number of rotatable bonds is 4. The van der Waals surface area contributed by atoms with Crippen LogP contribution in [0.4, 0.5) is 0 Å². The van der Waals surface area contributed by atoms with Gasteiger partial charge in [0.25, 0.3) is 5.91 Å². The molecule has 0 atom stereocenters. The Bertz CT molecular complexity index is 584. The molecule has 110 valence electrons. The predicted molar refractivity (Wildman–Crippen MR) is 77.6 cm³/mol. The number of piperazine rings is 1. The van der Waals surface area contributed by atoms with Crippen molar-refractivity contribution in [2.24, 2.45) is 5.73 Å². The standard InChI is InChI=1S/C13H13N3O4S/c14-13(21)8-1-3-9(4-2-8)20-7-12(19)16-5-10(17)15-11(18)6-16/h1-4H,5-7H2,(H2,14,21)(H,15,17,18). The highest BCUT2D eigenvalue weighted by atomic mass is 32.1. The summed E-state index contributed by atoms with van der Waals surface area (Å²) in [4.78, 5) is 35.6. The van der Waals surface area contributed by atoms with E-state index >= 15 is 0 Å². The second kappa shape index (κ2) is 6.31. The molecule has 0 unspecified atom stereocenters. The van der Waals surface area contributed by atoms with Crippen molar-refractivity contribution in [2.45, 2.75) is 0 Å². The van der Waals surface area contributed by atoms with Gasteiger partial charge in [-0.1, -0.05) is 12.2 Å². The van der Waals surface area contributed by atoms with Gasteiger partial charge in [-0.25, -0.2) is 0 Å². The molecule has 21 heavy (non-hydrogen) atoms. The van der Waals surface area contributed by atoms with Crippen LogP contribution in [0.15, 0.2) is 24.3 Å². The smallest absolute Gasteiger partial charge is 0.261 e. The van der Waals surface area contributed by atoms with E-state index in [9.17, 15) is 14.4 Å². The maximum atomic E-state index is 11.9. The van der Waals surface area contributed by atoms with E-state index in [0.29, 0.717) is 11.3 Å². The molecule has 1 aliphatic rings. The Hall–Kier alpha value is -2.48. The molecule has 0 aliphatic carbocycles. The van der Waals surface area contributed by atoms with Gasteiger partial charge in [0.2, 0.25) is 11.8 Å². The van der Waals surface area contributed by atoms with E-state index in [4.69, 9.17) is 22.7 Å². The van der Waals surface area contributed by atoms with Crippen LogP contribution in [0.25, 0.3) is 0 Å². The van der Waals surface area contributed by atoms with Gasteiger partial charge in [0, 0.05) is 5.56 Å². The molecule has 2 rings (SSSR count). The molecule has 0 bridgehead atoms. The Labute approximate surface area is 126 Å². The molecule has 3 N–H and O–H groups in total. The van der Waals surface area contributed by atoms with Crippen LogP contribution >= 0.6 is 12.2 Å². The second-order valence-corrected chi connectivity index (χ2v) is 4.84. The van der Waals surface area contributed by atoms with Crippen molar-refractivity contribution in [3.05, 3.63) is 29.8 Å². The minimum Gasteiger partial charge on any atom is -0.484 e. The molecule has 1 aromatic rings. The zero-order valence-corrected chi connectivity index (χ0v) is 11.8. The molecule has 0 spiro atoms. The highest BCUT2D eigenvalue weighted by molar-refractivity contribution is 7.80. The van der Waals surface area contributed by atoms with Gasteiger partial charge in [0.1, 0.15) is 23.8 Å². The van der Waals surface area contributed by atoms with E-state index in [-0.39, 0.29) is 24.7 Å². The van der Waals surface area contributed by atoms with Crippen molar-refractivity contribution in [3.63, 3.8) is 0 Å². The normalized spacial score (nSPS) is 14.6. The molecule has 1 heterocycles. The fourth-order valence-electron chi connectivity index (χ4n) is 1.77. The average molecular weight is 307 g/mol. The molecule has 0 saturated carbocycles. The van der Waals surface area contributed by atoms with Crippen LogP contribution in [-0.2, 0) is 14.4 Å². The van der Waals surface area contributed by atoms with Crippen LogP contribution in [0, 0.1) is 0 Å². The monoisotopic (exact) mass is 307 g/mol. The maximum absolute atomic E-state index is 11.9. The lowest BCUT2D eigenvalue weighted by atomic mass is 10.2. The number of ether oxygens (including phenoxy) is 1. The quantitative estimate of drug-likeness (QED) is 0.557. The van der Waals surface area contributed by atoms with E-state index < -0.39 is 17.7 Å². The van der Waals surface area contributed by atoms with E-state index in [2.05, 4.69) is 5.32 Å². The first-order chi connectivity index (χ1) is 9.95. The Morgan fingerprint density at radius 3 is 2.33 bits per heavy atom. The SMILES string of the molecule is NC(=S)c1ccc(OCC(=O)N2CC(=O)NC(=O)C2)cc1. The van der Waals surface area contributed by atoms with Crippen LogP contribution in [-0.4, -0.2) is 47.3 Å². The first-order valence-electron chi connectivity index (χ1n) is 6.09. The lowest BCUT2D eigenvalue weighted by Gasteiger charge is -2.25. The Kier molecular flexibility index (Phi) is 4.49. The number of carbonyl (C=O) groups excluding carboxylic acids is 3. The van der Waals surface area contributed by atoms with Crippen molar-refractivity contribution < 1.29 is 19.1 Å². The number of amides is 3. The molecule has 0 radical (unpaired) electrons. The summed E-state index contributed by atoms with van der Waals surface area (Å²) in [6.45, 7) is -0.546. The number of hydrogen-bond acceptors (Lipinski definition) is 5. The van der Waals surface area contributed by atoms with Crippen molar-refractivity contribution in [2.75, 3.05) is 19.7 Å². The summed E-state index contributed by atoms with van der Waals surface area (Å²) in [7, 11) is 0. The molecule has 0 aromatic heterocycles. The van der Waals surface area contributed by atoms with Gasteiger partial charge in [-0.05, 0) is 24.3 Å². The van der Waals surface area contributed by atoms with Crippen LogP contribution in [0.2, 0.25) is 0 Å². The third-order valence-electron chi connectivity index (χ3n) is 2.80. The van der Waals surface area contributed by atoms with Crippen LogP contribution < -0.4 is 15.8 Å². The number of nitrogens with two attached hydrogens (primary N) is 1. The third kappa shape index (κ3) is 3.99. The Balaban J connectivity index is 1.90. The summed E-state index contributed by atoms with van der Waals surface area (Å²) in [5.74, 6) is -0.964. The van der Waals surface area contributed by atoms with Crippen molar-refractivity contribution in [1.29, 1.82) is 0 Å². The Morgan fingerprint density at radius 2 is 1.81 bits per heavy atom. The summed E-state index contributed by atoms with van der Waals surface area (Å²) in [5.41, 5.74) is 6.17. The number of carbonyl (C=O) groups is 3. The van der Waals surface area contributed by atoms with Gasteiger partial charge in [-0.3, -0.25) is 19.7 Å². The number of thiocarbonyl (C=S) groups is 1. The van der Waals surface area contributed by atoms with Gasteiger partial charge >= 0.3 is 0 Å². The topological polar surface area (TPSA) is 102 Å². The molecule has 1 aliphatic heterocycles. The minimum absolute atomic E-state index is 0.145. The molecule has 7 nitrogen and oxygen atoms in total. The van der Waals surface area contributed by atoms with Gasteiger partial charge in [-0.2, -0.15) is 0 Å². The largest absolute Gasteiger partial charge is 0.484 e. The van der Waals surface area contributed by atoms with E-state index in [1.165, 1.54) is 0 Å². The highest BCUT2D eigenvalue weighted by Gasteiger charge is 2.26. The number of nitrogens with one attached hydrogen (secondary N) is 1. The minimum atomic E-state index is -0.500. The maximum Gasteiger partial charge on any atom is 0.261 e.